The lowest BCUT2D eigenvalue weighted by Crippen LogP contribution is -2.27. The minimum Gasteiger partial charge on any atom is -0.486 e. The van der Waals surface area contributed by atoms with Crippen LogP contribution in [0.3, 0.4) is 0 Å². The van der Waals surface area contributed by atoms with Crippen LogP contribution in [0, 0.1) is 6.92 Å². The average Bonchev–Trinajstić information content (AvgIpc) is 3.36. The minimum atomic E-state index is -0.219. The summed E-state index contributed by atoms with van der Waals surface area (Å²) in [7, 11) is 0. The number of nitrogens with one attached hydrogen (secondary N) is 1. The van der Waals surface area contributed by atoms with Gasteiger partial charge in [0.1, 0.15) is 23.1 Å². The topological polar surface area (TPSA) is 69.7 Å². The third-order valence-electron chi connectivity index (χ3n) is 4.41. The number of amides is 1. The number of thiazole rings is 1. The molecule has 3 aromatic rings. The van der Waals surface area contributed by atoms with E-state index in [1.807, 2.05) is 56.3 Å². The van der Waals surface area contributed by atoms with Gasteiger partial charge in [0.2, 0.25) is 6.79 Å². The minimum absolute atomic E-state index is 0.184. The summed E-state index contributed by atoms with van der Waals surface area (Å²) in [5.74, 6) is 1.98. The first kappa shape index (κ1) is 18.3. The molecule has 0 bridgehead atoms. The maximum absolute atomic E-state index is 12.5. The predicted octanol–water partition coefficient (Wildman–Crippen LogP) is 4.25. The lowest BCUT2D eigenvalue weighted by molar-refractivity contribution is 0.0935. The number of rotatable bonds is 6. The van der Waals surface area contributed by atoms with E-state index >= 15 is 0 Å². The maximum Gasteiger partial charge on any atom is 0.271 e. The van der Waals surface area contributed by atoms with Crippen molar-refractivity contribution in [3.63, 3.8) is 0 Å². The fourth-order valence-electron chi connectivity index (χ4n) is 2.80. The lowest BCUT2D eigenvalue weighted by Gasteiger charge is -2.14. The number of fused-ring (bicyclic) bond motifs is 1. The number of carbonyl (C=O) groups is 1. The third-order valence-corrected chi connectivity index (χ3v) is 5.23. The summed E-state index contributed by atoms with van der Waals surface area (Å²) in [6.07, 6.45) is 0. The van der Waals surface area contributed by atoms with Crippen molar-refractivity contribution in [2.45, 2.75) is 26.5 Å². The molecule has 1 aliphatic heterocycles. The number of ether oxygens (including phenoxy) is 3. The van der Waals surface area contributed by atoms with Gasteiger partial charge >= 0.3 is 0 Å². The van der Waals surface area contributed by atoms with Crippen LogP contribution in [0.15, 0.2) is 47.8 Å². The molecule has 144 valence electrons. The number of nitrogens with zero attached hydrogens (tertiary/aromatic N) is 1. The summed E-state index contributed by atoms with van der Waals surface area (Å²) in [6, 6.07) is 13.3. The van der Waals surface area contributed by atoms with Crippen molar-refractivity contribution >= 4 is 17.2 Å². The van der Waals surface area contributed by atoms with Gasteiger partial charge < -0.3 is 19.5 Å². The van der Waals surface area contributed by atoms with Gasteiger partial charge in [-0.05, 0) is 43.7 Å². The van der Waals surface area contributed by atoms with E-state index in [0.29, 0.717) is 18.1 Å². The smallest absolute Gasteiger partial charge is 0.271 e. The molecular weight excluding hydrogens is 376 g/mol. The first-order chi connectivity index (χ1) is 13.6. The normalized spacial score (nSPS) is 13.2. The fraction of sp³-hybridized carbons (Fsp3) is 0.238. The molecule has 0 saturated carbocycles. The first-order valence-corrected chi connectivity index (χ1v) is 9.81. The van der Waals surface area contributed by atoms with Gasteiger partial charge in [0.15, 0.2) is 11.5 Å². The number of benzene rings is 2. The van der Waals surface area contributed by atoms with Crippen molar-refractivity contribution in [3.05, 3.63) is 69.7 Å². The molecule has 28 heavy (non-hydrogen) atoms. The Kier molecular flexibility index (Phi) is 5.16. The van der Waals surface area contributed by atoms with Crippen LogP contribution in [0.4, 0.5) is 0 Å². The van der Waals surface area contributed by atoms with Crippen molar-refractivity contribution in [2.24, 2.45) is 0 Å². The van der Waals surface area contributed by atoms with Crippen LogP contribution in [0.2, 0.25) is 0 Å². The van der Waals surface area contributed by atoms with Crippen LogP contribution in [-0.4, -0.2) is 17.7 Å². The maximum atomic E-state index is 12.5. The van der Waals surface area contributed by atoms with Gasteiger partial charge in [0, 0.05) is 5.38 Å². The molecule has 7 heteroatoms. The van der Waals surface area contributed by atoms with Gasteiger partial charge in [0.05, 0.1) is 6.04 Å². The predicted molar refractivity (Wildman–Crippen MR) is 106 cm³/mol. The summed E-state index contributed by atoms with van der Waals surface area (Å²) in [5.41, 5.74) is 2.51. The number of hydrogen-bond donors (Lipinski definition) is 1. The fourth-order valence-corrected chi connectivity index (χ4v) is 3.48. The van der Waals surface area contributed by atoms with Gasteiger partial charge in [-0.1, -0.05) is 23.8 Å². The highest BCUT2D eigenvalue weighted by molar-refractivity contribution is 7.09. The molecule has 4 rings (SSSR count). The Morgan fingerprint density at radius 1 is 1.21 bits per heavy atom. The molecule has 1 amide bonds. The lowest BCUT2D eigenvalue weighted by atomic mass is 10.1. The Hall–Kier alpha value is -3.06. The average molecular weight is 396 g/mol. The van der Waals surface area contributed by atoms with Gasteiger partial charge in [0.25, 0.3) is 5.91 Å². The van der Waals surface area contributed by atoms with Gasteiger partial charge in [-0.3, -0.25) is 4.79 Å². The summed E-state index contributed by atoms with van der Waals surface area (Å²) in [4.78, 5) is 16.9. The zero-order chi connectivity index (χ0) is 19.5. The third kappa shape index (κ3) is 4.09. The molecular formula is C21H20N2O4S. The second-order valence-corrected chi connectivity index (χ2v) is 7.48. The number of aromatic nitrogens is 1. The highest BCUT2D eigenvalue weighted by atomic mass is 32.1. The number of aryl methyl sites for hydroxylation is 1. The molecule has 1 aliphatic rings. The molecule has 1 N–H and O–H groups in total. The van der Waals surface area contributed by atoms with Gasteiger partial charge in [-0.15, -0.1) is 11.3 Å². The molecule has 0 saturated heterocycles. The highest BCUT2D eigenvalue weighted by Crippen LogP contribution is 2.34. The van der Waals surface area contributed by atoms with E-state index in [2.05, 4.69) is 10.3 Å². The van der Waals surface area contributed by atoms with Crippen LogP contribution in [0.1, 0.15) is 39.6 Å². The van der Waals surface area contributed by atoms with Crippen molar-refractivity contribution in [3.8, 4) is 17.2 Å². The van der Waals surface area contributed by atoms with E-state index in [0.717, 1.165) is 22.1 Å². The van der Waals surface area contributed by atoms with E-state index in [4.69, 9.17) is 14.2 Å². The molecule has 2 heterocycles. The molecule has 1 atom stereocenters. The van der Waals surface area contributed by atoms with E-state index in [1.165, 1.54) is 16.9 Å². The standard InChI is InChI=1S/C21H20N2O4S/c1-13-3-6-16(7-4-13)25-10-20-23-17(11-28-20)21(24)22-14(2)15-5-8-18-19(9-15)27-12-26-18/h3-9,11,14H,10,12H2,1-2H3,(H,22,24)/t14-/m0/s1. The number of carbonyl (C=O) groups excluding carboxylic acids is 1. The first-order valence-electron chi connectivity index (χ1n) is 8.93. The molecule has 2 aromatic carbocycles. The van der Waals surface area contributed by atoms with Crippen molar-refractivity contribution in [2.75, 3.05) is 6.79 Å². The molecule has 0 fully saturated rings. The van der Waals surface area contributed by atoms with Crippen molar-refractivity contribution in [1.82, 2.24) is 10.3 Å². The zero-order valence-electron chi connectivity index (χ0n) is 15.6. The van der Waals surface area contributed by atoms with Crippen molar-refractivity contribution < 1.29 is 19.0 Å². The van der Waals surface area contributed by atoms with Crippen LogP contribution in [-0.2, 0) is 6.61 Å². The Morgan fingerprint density at radius 2 is 2.00 bits per heavy atom. The highest BCUT2D eigenvalue weighted by Gasteiger charge is 2.18. The SMILES string of the molecule is Cc1ccc(OCc2nc(C(=O)N[C@@H](C)c3ccc4c(c3)OCO4)cs2)cc1. The second kappa shape index (κ2) is 7.90. The van der Waals surface area contributed by atoms with Crippen LogP contribution in [0.25, 0.3) is 0 Å². The molecule has 0 aliphatic carbocycles. The Labute approximate surface area is 167 Å². The zero-order valence-corrected chi connectivity index (χ0v) is 16.4. The van der Waals surface area contributed by atoms with E-state index in [9.17, 15) is 4.79 Å². The van der Waals surface area contributed by atoms with E-state index in [1.54, 1.807) is 5.38 Å². The molecule has 0 radical (unpaired) electrons. The molecule has 6 nitrogen and oxygen atoms in total. The Balaban J connectivity index is 1.35. The summed E-state index contributed by atoms with van der Waals surface area (Å²) >= 11 is 1.41. The van der Waals surface area contributed by atoms with E-state index < -0.39 is 0 Å². The monoisotopic (exact) mass is 396 g/mol. The van der Waals surface area contributed by atoms with Crippen LogP contribution >= 0.6 is 11.3 Å². The quantitative estimate of drug-likeness (QED) is 0.675. The Morgan fingerprint density at radius 3 is 2.82 bits per heavy atom. The van der Waals surface area contributed by atoms with Crippen molar-refractivity contribution in [1.29, 1.82) is 0 Å². The van der Waals surface area contributed by atoms with Crippen LogP contribution < -0.4 is 19.5 Å². The second-order valence-electron chi connectivity index (χ2n) is 6.54. The molecule has 0 unspecified atom stereocenters. The molecule has 0 spiro atoms. The summed E-state index contributed by atoms with van der Waals surface area (Å²) in [5, 5.41) is 5.46. The number of hydrogen-bond acceptors (Lipinski definition) is 6. The molecule has 1 aromatic heterocycles. The largest absolute Gasteiger partial charge is 0.486 e. The van der Waals surface area contributed by atoms with Crippen LogP contribution in [0.5, 0.6) is 17.2 Å². The summed E-state index contributed by atoms with van der Waals surface area (Å²) < 4.78 is 16.4. The summed E-state index contributed by atoms with van der Waals surface area (Å²) in [6.45, 7) is 4.51. The van der Waals surface area contributed by atoms with Gasteiger partial charge in [-0.25, -0.2) is 4.98 Å². The Bertz CT molecular complexity index is 984. The van der Waals surface area contributed by atoms with E-state index in [-0.39, 0.29) is 18.7 Å². The van der Waals surface area contributed by atoms with Gasteiger partial charge in [-0.2, -0.15) is 0 Å².